The highest BCUT2D eigenvalue weighted by atomic mass is 35.5. The molecule has 0 aliphatic heterocycles. The van der Waals surface area contributed by atoms with E-state index in [1.54, 1.807) is 18.2 Å². The lowest BCUT2D eigenvalue weighted by molar-refractivity contribution is 0.0644. The Morgan fingerprint density at radius 1 is 1.26 bits per heavy atom. The fourth-order valence-electron chi connectivity index (χ4n) is 2.25. The first kappa shape index (κ1) is 13.9. The van der Waals surface area contributed by atoms with Crippen LogP contribution in [0.15, 0.2) is 22.6 Å². The van der Waals surface area contributed by atoms with Crippen LogP contribution in [0.5, 0.6) is 0 Å². The van der Waals surface area contributed by atoms with Crippen LogP contribution in [0.1, 0.15) is 38.1 Å². The second-order valence-electron chi connectivity index (χ2n) is 5.05. The van der Waals surface area contributed by atoms with Crippen molar-refractivity contribution in [1.29, 1.82) is 0 Å². The highest BCUT2D eigenvalue weighted by molar-refractivity contribution is 6.28. The first-order chi connectivity index (χ1) is 8.90. The standard InChI is InChI=1S/C14H17ClN2O2/c1-8(2)17(9(3)4)13(18)10-5-6-12-11(7-10)16-14(15)19-12/h5-9H,1-4H3. The molecule has 0 atom stereocenters. The number of halogens is 1. The molecule has 1 aromatic heterocycles. The monoisotopic (exact) mass is 280 g/mol. The summed E-state index contributed by atoms with van der Waals surface area (Å²) in [6, 6.07) is 5.46. The van der Waals surface area contributed by atoms with Crippen LogP contribution in [0.2, 0.25) is 5.35 Å². The topological polar surface area (TPSA) is 46.3 Å². The van der Waals surface area contributed by atoms with Crippen molar-refractivity contribution in [1.82, 2.24) is 9.88 Å². The van der Waals surface area contributed by atoms with Gasteiger partial charge in [0, 0.05) is 17.6 Å². The molecule has 4 nitrogen and oxygen atoms in total. The molecule has 102 valence electrons. The van der Waals surface area contributed by atoms with Crippen molar-refractivity contribution in [3.8, 4) is 0 Å². The van der Waals surface area contributed by atoms with Gasteiger partial charge in [-0.2, -0.15) is 4.98 Å². The Balaban J connectivity index is 2.39. The molecular weight excluding hydrogens is 264 g/mol. The number of hydrogen-bond acceptors (Lipinski definition) is 3. The lowest BCUT2D eigenvalue weighted by atomic mass is 10.1. The molecular formula is C14H17ClN2O2. The van der Waals surface area contributed by atoms with Crippen molar-refractivity contribution in [2.24, 2.45) is 0 Å². The quantitative estimate of drug-likeness (QED) is 0.860. The average Bonchev–Trinajstić information content (AvgIpc) is 2.66. The molecule has 0 aliphatic rings. The molecule has 0 saturated carbocycles. The Labute approximate surface area is 117 Å². The van der Waals surface area contributed by atoms with Gasteiger partial charge in [-0.15, -0.1) is 0 Å². The van der Waals surface area contributed by atoms with E-state index in [1.807, 2.05) is 32.6 Å². The molecule has 0 aliphatic carbocycles. The maximum Gasteiger partial charge on any atom is 0.293 e. The van der Waals surface area contributed by atoms with Crippen LogP contribution in [0.4, 0.5) is 0 Å². The van der Waals surface area contributed by atoms with E-state index in [0.29, 0.717) is 16.7 Å². The number of carbonyl (C=O) groups is 1. The third-order valence-electron chi connectivity index (χ3n) is 2.96. The van der Waals surface area contributed by atoms with Gasteiger partial charge < -0.3 is 9.32 Å². The summed E-state index contributed by atoms with van der Waals surface area (Å²) in [4.78, 5) is 18.4. The molecule has 0 N–H and O–H groups in total. The number of amides is 1. The summed E-state index contributed by atoms with van der Waals surface area (Å²) in [5.41, 5.74) is 1.78. The van der Waals surface area contributed by atoms with Crippen LogP contribution in [0.25, 0.3) is 11.1 Å². The van der Waals surface area contributed by atoms with E-state index in [4.69, 9.17) is 16.0 Å². The number of carbonyl (C=O) groups excluding carboxylic acids is 1. The Morgan fingerprint density at radius 2 is 1.89 bits per heavy atom. The Bertz CT molecular complexity index is 597. The number of rotatable bonds is 3. The minimum Gasteiger partial charge on any atom is -0.428 e. The normalized spacial score (nSPS) is 11.5. The largest absolute Gasteiger partial charge is 0.428 e. The molecule has 2 aromatic rings. The van der Waals surface area contributed by atoms with Gasteiger partial charge >= 0.3 is 0 Å². The average molecular weight is 281 g/mol. The third-order valence-corrected chi connectivity index (χ3v) is 3.12. The van der Waals surface area contributed by atoms with Gasteiger partial charge in [0.05, 0.1) is 0 Å². The van der Waals surface area contributed by atoms with Crippen LogP contribution in [-0.4, -0.2) is 27.9 Å². The zero-order valence-electron chi connectivity index (χ0n) is 11.5. The summed E-state index contributed by atoms with van der Waals surface area (Å²) in [5, 5.41) is 0.0872. The Morgan fingerprint density at radius 3 is 2.47 bits per heavy atom. The predicted octanol–water partition coefficient (Wildman–Crippen LogP) is 3.74. The zero-order valence-corrected chi connectivity index (χ0v) is 12.2. The van der Waals surface area contributed by atoms with E-state index in [2.05, 4.69) is 4.98 Å². The number of hydrogen-bond donors (Lipinski definition) is 0. The molecule has 0 fully saturated rings. The first-order valence-corrected chi connectivity index (χ1v) is 6.66. The summed E-state index contributed by atoms with van der Waals surface area (Å²) in [6.45, 7) is 8.01. The molecule has 0 radical (unpaired) electrons. The number of fused-ring (bicyclic) bond motifs is 1. The second-order valence-corrected chi connectivity index (χ2v) is 5.37. The molecule has 1 amide bonds. The fraction of sp³-hybridized carbons (Fsp3) is 0.429. The van der Waals surface area contributed by atoms with Gasteiger partial charge in [0.25, 0.3) is 11.3 Å². The number of oxazole rings is 1. The van der Waals surface area contributed by atoms with Crippen molar-refractivity contribution in [3.05, 3.63) is 29.1 Å². The fourth-order valence-corrected chi connectivity index (χ4v) is 2.42. The second kappa shape index (κ2) is 5.21. The van der Waals surface area contributed by atoms with Crippen LogP contribution in [0.3, 0.4) is 0 Å². The summed E-state index contributed by atoms with van der Waals surface area (Å²) in [5.74, 6) is -0.00831. The van der Waals surface area contributed by atoms with Crippen molar-refractivity contribution >= 4 is 28.6 Å². The highest BCUT2D eigenvalue weighted by Gasteiger charge is 2.22. The number of aromatic nitrogens is 1. The summed E-state index contributed by atoms with van der Waals surface area (Å²) in [6.07, 6.45) is 0. The van der Waals surface area contributed by atoms with Crippen LogP contribution in [-0.2, 0) is 0 Å². The molecule has 19 heavy (non-hydrogen) atoms. The first-order valence-electron chi connectivity index (χ1n) is 6.29. The lowest BCUT2D eigenvalue weighted by Gasteiger charge is -2.30. The van der Waals surface area contributed by atoms with E-state index in [0.717, 1.165) is 0 Å². The summed E-state index contributed by atoms with van der Waals surface area (Å²) in [7, 11) is 0. The van der Waals surface area contributed by atoms with Gasteiger partial charge in [-0.25, -0.2) is 0 Å². The lowest BCUT2D eigenvalue weighted by Crippen LogP contribution is -2.42. The van der Waals surface area contributed by atoms with Crippen LogP contribution in [0, 0.1) is 0 Å². The Hall–Kier alpha value is -1.55. The third kappa shape index (κ3) is 2.73. The highest BCUT2D eigenvalue weighted by Crippen LogP contribution is 2.21. The van der Waals surface area contributed by atoms with E-state index < -0.39 is 0 Å². The van der Waals surface area contributed by atoms with Crippen molar-refractivity contribution in [3.63, 3.8) is 0 Å². The van der Waals surface area contributed by atoms with Crippen molar-refractivity contribution in [2.75, 3.05) is 0 Å². The van der Waals surface area contributed by atoms with Crippen LogP contribution >= 0.6 is 11.6 Å². The molecule has 2 rings (SSSR count). The van der Waals surface area contributed by atoms with Gasteiger partial charge in [0.15, 0.2) is 5.58 Å². The van der Waals surface area contributed by atoms with E-state index in [1.165, 1.54) is 0 Å². The maximum atomic E-state index is 12.5. The van der Waals surface area contributed by atoms with Gasteiger partial charge in [-0.05, 0) is 57.5 Å². The minimum atomic E-state index is -0.00831. The molecule has 1 heterocycles. The summed E-state index contributed by atoms with van der Waals surface area (Å²) < 4.78 is 5.19. The van der Waals surface area contributed by atoms with Crippen molar-refractivity contribution < 1.29 is 9.21 Å². The molecule has 5 heteroatoms. The van der Waals surface area contributed by atoms with Gasteiger partial charge in [-0.1, -0.05) is 0 Å². The van der Waals surface area contributed by atoms with Gasteiger partial charge in [0.2, 0.25) is 0 Å². The number of nitrogens with zero attached hydrogens (tertiary/aromatic N) is 2. The molecule has 0 spiro atoms. The Kier molecular flexibility index (Phi) is 3.80. The minimum absolute atomic E-state index is 0.00831. The molecule has 1 aromatic carbocycles. The molecule has 0 bridgehead atoms. The SMILES string of the molecule is CC(C)N(C(=O)c1ccc2oc(Cl)nc2c1)C(C)C. The van der Waals surface area contributed by atoms with E-state index >= 15 is 0 Å². The zero-order chi connectivity index (χ0) is 14.2. The van der Waals surface area contributed by atoms with Crippen LogP contribution < -0.4 is 0 Å². The predicted molar refractivity (Wildman–Crippen MR) is 75.5 cm³/mol. The van der Waals surface area contributed by atoms with E-state index in [-0.39, 0.29) is 23.3 Å². The molecule has 0 unspecified atom stereocenters. The van der Waals surface area contributed by atoms with Crippen molar-refractivity contribution in [2.45, 2.75) is 39.8 Å². The summed E-state index contributed by atoms with van der Waals surface area (Å²) >= 11 is 5.71. The molecule has 0 saturated heterocycles. The van der Waals surface area contributed by atoms with Gasteiger partial charge in [0.1, 0.15) is 5.52 Å². The van der Waals surface area contributed by atoms with E-state index in [9.17, 15) is 4.79 Å². The maximum absolute atomic E-state index is 12.5. The smallest absolute Gasteiger partial charge is 0.293 e. The number of benzene rings is 1. The van der Waals surface area contributed by atoms with Gasteiger partial charge in [-0.3, -0.25) is 4.79 Å².